The molecule has 2 saturated heterocycles. The molecule has 2 aromatic rings. The molecule has 3 amide bonds. The number of anilines is 1. The number of amides is 3. The Morgan fingerprint density at radius 3 is 2.66 bits per heavy atom. The van der Waals surface area contributed by atoms with Crippen molar-refractivity contribution in [3.63, 3.8) is 0 Å². The van der Waals surface area contributed by atoms with Crippen LogP contribution < -0.4 is 10.2 Å². The summed E-state index contributed by atoms with van der Waals surface area (Å²) in [7, 11) is 0. The first-order valence-corrected chi connectivity index (χ1v) is 11.5. The Balaban J connectivity index is 1.50. The number of nitrogens with one attached hydrogen (secondary N) is 1. The normalized spacial score (nSPS) is 25.0. The molecule has 7 nitrogen and oxygen atoms in total. The van der Waals surface area contributed by atoms with E-state index in [0.717, 1.165) is 24.1 Å². The van der Waals surface area contributed by atoms with Gasteiger partial charge in [-0.2, -0.15) is 0 Å². The monoisotopic (exact) mass is 431 g/mol. The fraction of sp³-hybridized carbons (Fsp3) is 0.440. The van der Waals surface area contributed by atoms with E-state index in [2.05, 4.69) is 10.3 Å². The van der Waals surface area contributed by atoms with Crippen molar-refractivity contribution >= 4 is 23.5 Å². The standard InChI is InChI=1S/C25H29N5O2/c1-18-9-11-19(12-10-18)22(31)29-15-13-25(17-29)23(27-20-6-3-2-4-7-20)28-24(32)30(25)21-8-5-14-26-16-21/h5,8-12,14,16,20H,2-4,6-7,13,15,17H2,1H3,(H,27,28,32). The van der Waals surface area contributed by atoms with Crippen LogP contribution >= 0.6 is 0 Å². The molecule has 0 bridgehead atoms. The highest BCUT2D eigenvalue weighted by Gasteiger charge is 2.56. The molecule has 1 aromatic carbocycles. The molecule has 3 aliphatic rings. The number of aromatic nitrogens is 1. The van der Waals surface area contributed by atoms with Crippen LogP contribution in [-0.4, -0.2) is 52.3 Å². The topological polar surface area (TPSA) is 77.9 Å². The molecular formula is C25H29N5O2. The Morgan fingerprint density at radius 1 is 1.16 bits per heavy atom. The summed E-state index contributed by atoms with van der Waals surface area (Å²) in [6, 6.07) is 11.4. The molecule has 1 N–H and O–H groups in total. The fourth-order valence-corrected chi connectivity index (χ4v) is 5.19. The van der Waals surface area contributed by atoms with Crippen molar-refractivity contribution in [3.8, 4) is 0 Å². The number of pyridine rings is 1. The van der Waals surface area contributed by atoms with Crippen molar-refractivity contribution in [2.24, 2.45) is 4.99 Å². The van der Waals surface area contributed by atoms with Crippen LogP contribution in [0.25, 0.3) is 0 Å². The van der Waals surface area contributed by atoms with Gasteiger partial charge in [-0.25, -0.2) is 4.79 Å². The summed E-state index contributed by atoms with van der Waals surface area (Å²) in [6.07, 6.45) is 9.74. The first kappa shape index (κ1) is 20.7. The van der Waals surface area contributed by atoms with Gasteiger partial charge in [-0.3, -0.25) is 25.0 Å². The maximum absolute atomic E-state index is 13.3. The highest BCUT2D eigenvalue weighted by molar-refractivity contribution is 6.19. The maximum Gasteiger partial charge on any atom is 0.328 e. The predicted molar refractivity (Wildman–Crippen MR) is 124 cm³/mol. The number of urea groups is 1. The van der Waals surface area contributed by atoms with Crippen molar-refractivity contribution in [2.75, 3.05) is 18.0 Å². The summed E-state index contributed by atoms with van der Waals surface area (Å²) in [6.45, 7) is 3.00. The first-order chi connectivity index (χ1) is 15.6. The summed E-state index contributed by atoms with van der Waals surface area (Å²) in [5, 5.41) is 3.06. The number of carbonyl (C=O) groups excluding carboxylic acids is 2. The van der Waals surface area contributed by atoms with E-state index in [-0.39, 0.29) is 18.0 Å². The predicted octanol–water partition coefficient (Wildman–Crippen LogP) is 3.94. The van der Waals surface area contributed by atoms with Gasteiger partial charge in [0.25, 0.3) is 5.91 Å². The summed E-state index contributed by atoms with van der Waals surface area (Å²) in [5.74, 6) is 0.696. The second-order valence-electron chi connectivity index (χ2n) is 9.12. The lowest BCUT2D eigenvalue weighted by Crippen LogP contribution is -2.53. The second kappa shape index (κ2) is 8.37. The van der Waals surface area contributed by atoms with Crippen molar-refractivity contribution in [3.05, 3.63) is 59.9 Å². The van der Waals surface area contributed by atoms with Gasteiger partial charge in [0, 0.05) is 18.3 Å². The van der Waals surface area contributed by atoms with Gasteiger partial charge in [0.2, 0.25) is 0 Å². The van der Waals surface area contributed by atoms with Crippen LogP contribution in [-0.2, 0) is 0 Å². The van der Waals surface area contributed by atoms with Crippen molar-refractivity contribution in [1.29, 1.82) is 0 Å². The number of rotatable bonds is 3. The number of amidine groups is 1. The van der Waals surface area contributed by atoms with Gasteiger partial charge >= 0.3 is 6.03 Å². The van der Waals surface area contributed by atoms with E-state index in [0.29, 0.717) is 30.9 Å². The molecule has 3 fully saturated rings. The number of nitrogens with zero attached hydrogens (tertiary/aromatic N) is 4. The molecule has 1 aromatic heterocycles. The molecule has 1 saturated carbocycles. The van der Waals surface area contributed by atoms with Gasteiger partial charge in [0.15, 0.2) is 0 Å². The lowest BCUT2D eigenvalue weighted by Gasteiger charge is -2.33. The molecule has 1 aliphatic carbocycles. The third kappa shape index (κ3) is 3.66. The quantitative estimate of drug-likeness (QED) is 0.800. The van der Waals surface area contributed by atoms with E-state index in [1.807, 2.05) is 48.2 Å². The number of hydrogen-bond acceptors (Lipinski definition) is 4. The summed E-state index contributed by atoms with van der Waals surface area (Å²) >= 11 is 0. The number of likely N-dealkylation sites (tertiary alicyclic amines) is 1. The largest absolute Gasteiger partial charge is 0.336 e. The average Bonchev–Trinajstić information content (AvgIpc) is 3.37. The molecular weight excluding hydrogens is 402 g/mol. The van der Waals surface area contributed by atoms with Gasteiger partial charge in [-0.15, -0.1) is 0 Å². The minimum absolute atomic E-state index is 0.00984. The van der Waals surface area contributed by atoms with Gasteiger partial charge < -0.3 is 4.90 Å². The molecule has 7 heteroatoms. The third-order valence-corrected chi connectivity index (χ3v) is 6.92. The Bertz CT molecular complexity index is 1030. The van der Waals surface area contributed by atoms with E-state index in [9.17, 15) is 9.59 Å². The van der Waals surface area contributed by atoms with Gasteiger partial charge in [0.1, 0.15) is 11.4 Å². The smallest absolute Gasteiger partial charge is 0.328 e. The van der Waals surface area contributed by atoms with Gasteiger partial charge in [-0.1, -0.05) is 37.0 Å². The molecule has 3 heterocycles. The van der Waals surface area contributed by atoms with E-state index in [4.69, 9.17) is 4.99 Å². The summed E-state index contributed by atoms with van der Waals surface area (Å²) < 4.78 is 0. The van der Waals surface area contributed by atoms with Gasteiger partial charge in [0.05, 0.1) is 24.5 Å². The van der Waals surface area contributed by atoms with E-state index < -0.39 is 5.54 Å². The Morgan fingerprint density at radius 2 is 1.94 bits per heavy atom. The molecule has 1 spiro atoms. The number of aliphatic imine (C=N–C) groups is 1. The third-order valence-electron chi connectivity index (χ3n) is 6.92. The van der Waals surface area contributed by atoms with Crippen molar-refractivity contribution in [1.82, 2.24) is 15.2 Å². The van der Waals surface area contributed by atoms with E-state index in [1.54, 1.807) is 17.3 Å². The zero-order chi connectivity index (χ0) is 22.1. The molecule has 1 atom stereocenters. The molecule has 166 valence electrons. The fourth-order valence-electron chi connectivity index (χ4n) is 5.19. The van der Waals surface area contributed by atoms with Crippen LogP contribution in [0, 0.1) is 6.92 Å². The van der Waals surface area contributed by atoms with Crippen LogP contribution in [0.3, 0.4) is 0 Å². The lowest BCUT2D eigenvalue weighted by molar-refractivity contribution is 0.0788. The second-order valence-corrected chi connectivity index (χ2v) is 9.12. The molecule has 32 heavy (non-hydrogen) atoms. The van der Waals surface area contributed by atoms with E-state index in [1.165, 1.54) is 19.3 Å². The number of aryl methyl sites for hydroxylation is 1. The highest BCUT2D eigenvalue weighted by Crippen LogP contribution is 2.38. The van der Waals surface area contributed by atoms with Crippen LogP contribution in [0.1, 0.15) is 54.4 Å². The lowest BCUT2D eigenvalue weighted by atomic mass is 9.93. The molecule has 0 radical (unpaired) electrons. The van der Waals surface area contributed by atoms with Crippen LogP contribution in [0.4, 0.5) is 10.5 Å². The van der Waals surface area contributed by atoms with Crippen LogP contribution in [0.2, 0.25) is 0 Å². The zero-order valence-corrected chi connectivity index (χ0v) is 18.5. The molecule has 2 aliphatic heterocycles. The van der Waals surface area contributed by atoms with Crippen molar-refractivity contribution in [2.45, 2.75) is 57.0 Å². The minimum Gasteiger partial charge on any atom is -0.336 e. The van der Waals surface area contributed by atoms with Crippen LogP contribution in [0.5, 0.6) is 0 Å². The van der Waals surface area contributed by atoms with Crippen molar-refractivity contribution < 1.29 is 9.59 Å². The Labute approximate surface area is 188 Å². The summed E-state index contributed by atoms with van der Waals surface area (Å²) in [4.78, 5) is 39.4. The molecule has 5 rings (SSSR count). The SMILES string of the molecule is Cc1ccc(C(=O)N2CCC3(C2)C(=NC2CCCCC2)NC(=O)N3c2cccnc2)cc1. The average molecular weight is 432 g/mol. The summed E-state index contributed by atoms with van der Waals surface area (Å²) in [5.41, 5.74) is 1.83. The number of hydrogen-bond donors (Lipinski definition) is 1. The zero-order valence-electron chi connectivity index (χ0n) is 18.5. The maximum atomic E-state index is 13.3. The Hall–Kier alpha value is -3.22. The Kier molecular flexibility index (Phi) is 5.41. The highest BCUT2D eigenvalue weighted by atomic mass is 16.2. The van der Waals surface area contributed by atoms with Crippen LogP contribution in [0.15, 0.2) is 53.8 Å². The minimum atomic E-state index is -0.683. The first-order valence-electron chi connectivity index (χ1n) is 11.5. The van der Waals surface area contributed by atoms with Gasteiger partial charge in [-0.05, 0) is 50.5 Å². The number of benzene rings is 1. The van der Waals surface area contributed by atoms with E-state index >= 15 is 0 Å². The number of carbonyl (C=O) groups is 2. The molecule has 1 unspecified atom stereocenters.